The van der Waals surface area contributed by atoms with Crippen molar-refractivity contribution in [3.8, 4) is 0 Å². The summed E-state index contributed by atoms with van der Waals surface area (Å²) >= 11 is 0. The molecule has 0 spiro atoms. The Balaban J connectivity index is 1.19. The number of likely N-dealkylation sites (N-methyl/N-ethyl adjacent to an activating group) is 1. The second-order valence-electron chi connectivity index (χ2n) is 9.48. The van der Waals surface area contributed by atoms with Crippen LogP contribution < -0.4 is 5.32 Å². The maximum Gasteiger partial charge on any atom is 0.250 e. The zero-order valence-corrected chi connectivity index (χ0v) is 19.7. The number of nitrogens with zero attached hydrogens (tertiary/aromatic N) is 4. The first kappa shape index (κ1) is 21.5. The Morgan fingerprint density at radius 1 is 1.06 bits per heavy atom. The van der Waals surface area contributed by atoms with E-state index in [4.69, 9.17) is 4.98 Å². The smallest absolute Gasteiger partial charge is 0.250 e. The highest BCUT2D eigenvalue weighted by Gasteiger charge is 2.32. The zero-order valence-electron chi connectivity index (χ0n) is 19.7. The van der Waals surface area contributed by atoms with Gasteiger partial charge in [-0.1, -0.05) is 42.5 Å². The number of anilines is 1. The van der Waals surface area contributed by atoms with Crippen LogP contribution in [0.3, 0.4) is 0 Å². The first-order valence-electron chi connectivity index (χ1n) is 12.1. The molecule has 2 aromatic rings. The van der Waals surface area contributed by atoms with Gasteiger partial charge >= 0.3 is 0 Å². The van der Waals surface area contributed by atoms with Gasteiger partial charge in [-0.05, 0) is 42.5 Å². The van der Waals surface area contributed by atoms with E-state index >= 15 is 0 Å². The number of carbonyl (C=O) groups is 2. The van der Waals surface area contributed by atoms with Crippen molar-refractivity contribution in [2.45, 2.75) is 44.7 Å². The molecule has 7 heteroatoms. The monoisotopic (exact) mass is 465 g/mol. The lowest BCUT2D eigenvalue weighted by Crippen LogP contribution is -2.28. The number of allylic oxidation sites excluding steroid dienone is 7. The van der Waals surface area contributed by atoms with Crippen molar-refractivity contribution in [1.82, 2.24) is 19.8 Å². The lowest BCUT2D eigenvalue weighted by atomic mass is 9.91. The second-order valence-corrected chi connectivity index (χ2v) is 9.48. The molecule has 0 bridgehead atoms. The van der Waals surface area contributed by atoms with E-state index in [1.165, 1.54) is 11.1 Å². The van der Waals surface area contributed by atoms with E-state index in [1.54, 1.807) is 11.1 Å². The fourth-order valence-electron chi connectivity index (χ4n) is 5.30. The topological polar surface area (TPSA) is 78.4 Å². The summed E-state index contributed by atoms with van der Waals surface area (Å²) in [7, 11) is 1.83. The van der Waals surface area contributed by atoms with Crippen LogP contribution in [0.2, 0.25) is 0 Å². The van der Waals surface area contributed by atoms with E-state index in [0.717, 1.165) is 41.1 Å². The predicted octanol–water partition coefficient (Wildman–Crippen LogP) is 3.98. The molecule has 0 radical (unpaired) electrons. The van der Waals surface area contributed by atoms with Crippen LogP contribution in [0.5, 0.6) is 0 Å². The van der Waals surface area contributed by atoms with Crippen molar-refractivity contribution in [3.63, 3.8) is 0 Å². The molecule has 1 aromatic heterocycles. The summed E-state index contributed by atoms with van der Waals surface area (Å²) in [5.74, 6) is 0.734. The molecule has 4 aliphatic rings. The van der Waals surface area contributed by atoms with Gasteiger partial charge < -0.3 is 15.1 Å². The number of carbonyl (C=O) groups excluding carboxylic acids is 2. The van der Waals surface area contributed by atoms with Crippen LogP contribution in [0.1, 0.15) is 47.6 Å². The molecule has 176 valence electrons. The average Bonchev–Trinajstić information content (AvgIpc) is 3.29. The molecule has 1 unspecified atom stereocenters. The molecule has 35 heavy (non-hydrogen) atoms. The minimum atomic E-state index is 0.0454. The Labute approximate surface area is 204 Å². The van der Waals surface area contributed by atoms with E-state index in [0.29, 0.717) is 31.9 Å². The molecule has 2 aliphatic heterocycles. The van der Waals surface area contributed by atoms with Gasteiger partial charge in [0.25, 0.3) is 0 Å². The molecule has 0 saturated heterocycles. The number of nitrogens with one attached hydrogen (secondary N) is 1. The van der Waals surface area contributed by atoms with Crippen molar-refractivity contribution in [3.05, 3.63) is 100 Å². The van der Waals surface area contributed by atoms with Gasteiger partial charge in [-0.25, -0.2) is 9.97 Å². The lowest BCUT2D eigenvalue weighted by Gasteiger charge is -2.26. The second kappa shape index (κ2) is 8.65. The van der Waals surface area contributed by atoms with Crippen LogP contribution in [0.15, 0.2) is 77.8 Å². The molecular weight excluding hydrogens is 438 g/mol. The van der Waals surface area contributed by atoms with Crippen molar-refractivity contribution in [2.24, 2.45) is 0 Å². The molecular formula is C28H27N5O2. The van der Waals surface area contributed by atoms with E-state index in [1.807, 2.05) is 48.4 Å². The van der Waals surface area contributed by atoms with Crippen LogP contribution in [0, 0.1) is 0 Å². The quantitative estimate of drug-likeness (QED) is 0.742. The lowest BCUT2D eigenvalue weighted by molar-refractivity contribution is -0.128. The van der Waals surface area contributed by atoms with E-state index in [2.05, 4.69) is 28.5 Å². The summed E-state index contributed by atoms with van der Waals surface area (Å²) in [5.41, 5.74) is 7.04. The van der Waals surface area contributed by atoms with Crippen molar-refractivity contribution in [1.29, 1.82) is 0 Å². The fourth-order valence-corrected chi connectivity index (χ4v) is 5.30. The zero-order chi connectivity index (χ0) is 23.9. The number of amides is 2. The van der Waals surface area contributed by atoms with Crippen molar-refractivity contribution >= 4 is 17.8 Å². The average molecular weight is 466 g/mol. The van der Waals surface area contributed by atoms with Crippen LogP contribution in [0.25, 0.3) is 0 Å². The van der Waals surface area contributed by atoms with Crippen molar-refractivity contribution < 1.29 is 9.59 Å². The van der Waals surface area contributed by atoms with Crippen LogP contribution >= 0.6 is 0 Å². The first-order valence-corrected chi connectivity index (χ1v) is 12.1. The van der Waals surface area contributed by atoms with E-state index < -0.39 is 0 Å². The number of rotatable bonds is 3. The molecule has 7 nitrogen and oxygen atoms in total. The van der Waals surface area contributed by atoms with Crippen LogP contribution in [-0.4, -0.2) is 38.6 Å². The largest absolute Gasteiger partial charge is 0.330 e. The fraction of sp³-hybridized carbons (Fsp3) is 0.286. The molecule has 1 atom stereocenters. The van der Waals surface area contributed by atoms with Gasteiger partial charge in [0.05, 0.1) is 12.1 Å². The first-order chi connectivity index (χ1) is 17.1. The number of aromatic nitrogens is 2. The summed E-state index contributed by atoms with van der Waals surface area (Å²) in [6.07, 6.45) is 14.3. The molecule has 1 aromatic carbocycles. The Morgan fingerprint density at radius 2 is 1.86 bits per heavy atom. The molecule has 6 rings (SSSR count). The van der Waals surface area contributed by atoms with Gasteiger partial charge in [0.15, 0.2) is 0 Å². The number of hydrogen-bond acceptors (Lipinski definition) is 5. The van der Waals surface area contributed by atoms with E-state index in [-0.39, 0.29) is 17.7 Å². The number of fused-ring (bicyclic) bond motifs is 4. The minimum absolute atomic E-state index is 0.0454. The highest BCUT2D eigenvalue weighted by Crippen LogP contribution is 2.37. The third-order valence-electron chi connectivity index (χ3n) is 7.29. The van der Waals surface area contributed by atoms with Crippen LogP contribution in [-0.2, 0) is 29.1 Å². The van der Waals surface area contributed by atoms with E-state index in [9.17, 15) is 9.59 Å². The summed E-state index contributed by atoms with van der Waals surface area (Å²) in [6, 6.07) is 8.24. The minimum Gasteiger partial charge on any atom is -0.330 e. The van der Waals surface area contributed by atoms with Crippen LogP contribution in [0.4, 0.5) is 5.95 Å². The Hall–Kier alpha value is -4.00. The maximum atomic E-state index is 13.1. The van der Waals surface area contributed by atoms with Gasteiger partial charge in [0.1, 0.15) is 0 Å². The Morgan fingerprint density at radius 3 is 2.60 bits per heavy atom. The van der Waals surface area contributed by atoms with Gasteiger partial charge in [-0.3, -0.25) is 9.59 Å². The van der Waals surface area contributed by atoms with Crippen molar-refractivity contribution in [2.75, 3.05) is 12.4 Å². The molecule has 3 heterocycles. The van der Waals surface area contributed by atoms with Gasteiger partial charge in [-0.2, -0.15) is 0 Å². The Bertz CT molecular complexity index is 1330. The predicted molar refractivity (Wildman–Crippen MR) is 133 cm³/mol. The SMILES string of the molecule is CN1C(=O)Cc2cnc(NC3=CC=C(C(=O)N4Cc5ccccc5C4)CC3)nc2C2CC=CC=C21. The summed E-state index contributed by atoms with van der Waals surface area (Å²) in [4.78, 5) is 38.7. The molecule has 0 saturated carbocycles. The molecule has 0 fully saturated rings. The van der Waals surface area contributed by atoms with Gasteiger partial charge in [-0.15, -0.1) is 0 Å². The summed E-state index contributed by atoms with van der Waals surface area (Å²) in [5, 5.41) is 3.35. The number of hydrogen-bond donors (Lipinski definition) is 1. The van der Waals surface area contributed by atoms with Gasteiger partial charge in [0, 0.05) is 54.8 Å². The number of benzene rings is 1. The van der Waals surface area contributed by atoms with Gasteiger partial charge in [0.2, 0.25) is 17.8 Å². The molecule has 2 aliphatic carbocycles. The standard InChI is InChI=1S/C28H27N5O2/c1-32-24-9-5-4-8-23(24)26-21(14-25(32)34)15-29-28(31-26)30-22-12-10-18(11-13-22)27(35)33-16-19-6-2-3-7-20(19)17-33/h2-7,9-10,12,15,23H,8,11,13-14,16-17H2,1H3,(H,29,30,31). The molecule has 1 N–H and O–H groups in total. The summed E-state index contributed by atoms with van der Waals surface area (Å²) in [6.45, 7) is 1.35. The third kappa shape index (κ3) is 3.97. The summed E-state index contributed by atoms with van der Waals surface area (Å²) < 4.78 is 0. The maximum absolute atomic E-state index is 13.1. The highest BCUT2D eigenvalue weighted by atomic mass is 16.2. The highest BCUT2D eigenvalue weighted by molar-refractivity contribution is 5.94. The third-order valence-corrected chi connectivity index (χ3v) is 7.29. The Kier molecular flexibility index (Phi) is 5.32. The molecule has 2 amide bonds. The normalized spacial score (nSPS) is 20.8.